The van der Waals surface area contributed by atoms with E-state index in [1.165, 1.54) is 21.8 Å². The van der Waals surface area contributed by atoms with Crippen molar-refractivity contribution in [1.29, 1.82) is 0 Å². The van der Waals surface area contributed by atoms with E-state index >= 15 is 0 Å². The van der Waals surface area contributed by atoms with Gasteiger partial charge in [0.15, 0.2) is 5.69 Å². The maximum atomic E-state index is 13.4. The first-order valence-corrected chi connectivity index (χ1v) is 11.6. The summed E-state index contributed by atoms with van der Waals surface area (Å²) in [5.74, 6) is -0.0146. The predicted octanol–water partition coefficient (Wildman–Crippen LogP) is 3.59. The van der Waals surface area contributed by atoms with Gasteiger partial charge in [-0.2, -0.15) is 0 Å². The number of nitrogens with one attached hydrogen (secondary N) is 1. The number of amides is 1. The van der Waals surface area contributed by atoms with Crippen molar-refractivity contribution in [2.45, 2.75) is 66.6 Å². The number of carbonyl (C=O) groups is 1. The van der Waals surface area contributed by atoms with Crippen LogP contribution in [0.1, 0.15) is 55.8 Å². The third kappa shape index (κ3) is 5.24. The summed E-state index contributed by atoms with van der Waals surface area (Å²) in [5.41, 5.74) is 7.99. The normalized spacial score (nSPS) is 11.4. The number of nitrogens with zero attached hydrogens (tertiary/aromatic N) is 3. The highest BCUT2D eigenvalue weighted by molar-refractivity contribution is 6.05. The number of nitrogen functional groups attached to an aromatic ring is 1. The van der Waals surface area contributed by atoms with E-state index in [9.17, 15) is 14.4 Å². The first kappa shape index (κ1) is 24.9. The van der Waals surface area contributed by atoms with Crippen LogP contribution in [0.4, 0.5) is 11.5 Å². The fraction of sp³-hybridized carbons (Fsp3) is 0.400. The van der Waals surface area contributed by atoms with Crippen LogP contribution in [0.25, 0.3) is 6.08 Å². The van der Waals surface area contributed by atoms with Crippen LogP contribution in [0.3, 0.4) is 0 Å². The number of aryl methyl sites for hydroxylation is 1. The molecule has 0 aromatic carbocycles. The van der Waals surface area contributed by atoms with E-state index in [-0.39, 0.29) is 18.1 Å². The lowest BCUT2D eigenvalue weighted by Crippen LogP contribution is -2.40. The molecule has 3 N–H and O–H groups in total. The Labute approximate surface area is 198 Å². The molecule has 3 aromatic rings. The lowest BCUT2D eigenvalue weighted by Gasteiger charge is -2.22. The Balaban J connectivity index is 2.03. The van der Waals surface area contributed by atoms with Gasteiger partial charge in [-0.3, -0.25) is 24.0 Å². The molecule has 3 aromatic heterocycles. The van der Waals surface area contributed by atoms with Crippen LogP contribution in [0.2, 0.25) is 0 Å². The molecular weight excluding hydrogens is 434 g/mol. The van der Waals surface area contributed by atoms with E-state index in [4.69, 9.17) is 10.2 Å². The molecule has 0 aliphatic rings. The van der Waals surface area contributed by atoms with Crippen molar-refractivity contribution in [2.75, 3.05) is 10.6 Å². The van der Waals surface area contributed by atoms with Gasteiger partial charge in [-0.1, -0.05) is 20.3 Å². The zero-order valence-electron chi connectivity index (χ0n) is 20.3. The van der Waals surface area contributed by atoms with Crippen LogP contribution in [0, 0.1) is 13.8 Å². The van der Waals surface area contributed by atoms with Gasteiger partial charge in [0.2, 0.25) is 0 Å². The summed E-state index contributed by atoms with van der Waals surface area (Å²) >= 11 is 0. The molecule has 34 heavy (non-hydrogen) atoms. The maximum Gasteiger partial charge on any atom is 0.330 e. The second-order valence-electron chi connectivity index (χ2n) is 8.31. The Hall–Kier alpha value is -3.75. The summed E-state index contributed by atoms with van der Waals surface area (Å²) in [4.78, 5) is 42.1. The summed E-state index contributed by atoms with van der Waals surface area (Å²) in [6.45, 7) is 9.38. The number of aromatic amines is 1. The molecule has 0 saturated heterocycles. The zero-order valence-corrected chi connectivity index (χ0v) is 20.3. The van der Waals surface area contributed by atoms with Crippen molar-refractivity contribution in [1.82, 2.24) is 14.1 Å². The van der Waals surface area contributed by atoms with Crippen molar-refractivity contribution in [3.63, 3.8) is 0 Å². The Kier molecular flexibility index (Phi) is 7.99. The number of furan rings is 1. The van der Waals surface area contributed by atoms with Gasteiger partial charge in [-0.25, -0.2) is 4.79 Å². The minimum Gasteiger partial charge on any atom is -0.467 e. The van der Waals surface area contributed by atoms with Crippen LogP contribution >= 0.6 is 0 Å². The average Bonchev–Trinajstić information content (AvgIpc) is 3.40. The van der Waals surface area contributed by atoms with Gasteiger partial charge >= 0.3 is 5.69 Å². The van der Waals surface area contributed by atoms with Crippen molar-refractivity contribution >= 4 is 23.5 Å². The maximum absolute atomic E-state index is 13.4. The number of hydrogen-bond acceptors (Lipinski definition) is 5. The molecule has 3 rings (SSSR count). The number of hydrogen-bond donors (Lipinski definition) is 2. The molecule has 0 bridgehead atoms. The molecular formula is C25H33N5O4. The summed E-state index contributed by atoms with van der Waals surface area (Å²) in [6.07, 6.45) is 7.20. The minimum absolute atomic E-state index is 0.00963. The Bertz CT molecular complexity index is 1280. The Morgan fingerprint density at radius 1 is 1.18 bits per heavy atom. The van der Waals surface area contributed by atoms with Crippen LogP contribution in [0.5, 0.6) is 0 Å². The summed E-state index contributed by atoms with van der Waals surface area (Å²) < 4.78 is 8.92. The SMILES string of the molecule is CCCCn1c(N)c(N(Cc2ccco2)C(=O)/C=C/c2cc(C)n(CCC)c2C)c(=O)[nH]c1=O. The highest BCUT2D eigenvalue weighted by Crippen LogP contribution is 2.22. The number of nitrogens with two attached hydrogens (primary N) is 1. The van der Waals surface area contributed by atoms with Crippen molar-refractivity contribution in [2.24, 2.45) is 0 Å². The number of anilines is 2. The van der Waals surface area contributed by atoms with E-state index in [0.717, 1.165) is 36.3 Å². The van der Waals surface area contributed by atoms with Gasteiger partial charge in [0.25, 0.3) is 11.5 Å². The molecule has 0 atom stereocenters. The number of carbonyl (C=O) groups excluding carboxylic acids is 1. The largest absolute Gasteiger partial charge is 0.467 e. The summed E-state index contributed by atoms with van der Waals surface area (Å²) in [6, 6.07) is 5.43. The quantitative estimate of drug-likeness (QED) is 0.442. The lowest BCUT2D eigenvalue weighted by molar-refractivity contribution is -0.114. The van der Waals surface area contributed by atoms with E-state index in [0.29, 0.717) is 18.7 Å². The zero-order chi connectivity index (χ0) is 24.8. The summed E-state index contributed by atoms with van der Waals surface area (Å²) in [5, 5.41) is 0. The third-order valence-electron chi connectivity index (χ3n) is 5.84. The molecule has 0 aliphatic heterocycles. The van der Waals surface area contributed by atoms with Gasteiger partial charge in [0, 0.05) is 30.6 Å². The van der Waals surface area contributed by atoms with Gasteiger partial charge < -0.3 is 14.7 Å². The molecule has 9 heteroatoms. The second-order valence-corrected chi connectivity index (χ2v) is 8.31. The molecule has 0 radical (unpaired) electrons. The fourth-order valence-corrected chi connectivity index (χ4v) is 4.02. The number of aromatic nitrogens is 3. The molecule has 0 saturated carbocycles. The molecule has 0 unspecified atom stereocenters. The highest BCUT2D eigenvalue weighted by Gasteiger charge is 2.24. The molecule has 1 amide bonds. The minimum atomic E-state index is -0.718. The summed E-state index contributed by atoms with van der Waals surface area (Å²) in [7, 11) is 0. The smallest absolute Gasteiger partial charge is 0.330 e. The second kappa shape index (κ2) is 10.9. The Morgan fingerprint density at radius 3 is 2.59 bits per heavy atom. The first-order valence-electron chi connectivity index (χ1n) is 11.6. The van der Waals surface area contributed by atoms with Crippen molar-refractivity contribution in [3.05, 3.63) is 74.1 Å². The molecule has 9 nitrogen and oxygen atoms in total. The monoisotopic (exact) mass is 467 g/mol. The van der Waals surface area contributed by atoms with Crippen LogP contribution in [-0.4, -0.2) is 20.0 Å². The van der Waals surface area contributed by atoms with Gasteiger partial charge in [0.05, 0.1) is 12.8 Å². The van der Waals surface area contributed by atoms with Gasteiger partial charge in [-0.15, -0.1) is 0 Å². The van der Waals surface area contributed by atoms with Crippen molar-refractivity contribution < 1.29 is 9.21 Å². The van der Waals surface area contributed by atoms with Crippen LogP contribution in [0.15, 0.2) is 44.5 Å². The Morgan fingerprint density at radius 2 is 1.94 bits per heavy atom. The number of unbranched alkanes of at least 4 members (excludes halogenated alkanes) is 1. The average molecular weight is 468 g/mol. The number of rotatable bonds is 10. The first-order chi connectivity index (χ1) is 16.3. The lowest BCUT2D eigenvalue weighted by atomic mass is 10.2. The highest BCUT2D eigenvalue weighted by atomic mass is 16.3. The van der Waals surface area contributed by atoms with Crippen LogP contribution < -0.4 is 21.9 Å². The topological polar surface area (TPSA) is 119 Å². The molecule has 0 spiro atoms. The third-order valence-corrected chi connectivity index (χ3v) is 5.84. The number of H-pyrrole nitrogens is 1. The van der Waals surface area contributed by atoms with E-state index in [2.05, 4.69) is 16.5 Å². The fourth-order valence-electron chi connectivity index (χ4n) is 4.02. The van der Waals surface area contributed by atoms with E-state index in [1.807, 2.05) is 26.8 Å². The van der Waals surface area contributed by atoms with E-state index < -0.39 is 17.2 Å². The molecule has 182 valence electrons. The standard InChI is InChI=1S/C25H33N5O4/c1-5-7-13-29-23(26)22(24(32)27-25(29)33)30(16-20-9-8-14-34-20)21(31)11-10-19-15-17(3)28(12-6-2)18(19)4/h8-11,14-15H,5-7,12-13,16,26H2,1-4H3,(H,27,32,33)/b11-10+. The van der Waals surface area contributed by atoms with Crippen LogP contribution in [-0.2, 0) is 24.4 Å². The van der Waals surface area contributed by atoms with Gasteiger partial charge in [0.1, 0.15) is 11.6 Å². The molecule has 3 heterocycles. The predicted molar refractivity (Wildman–Crippen MR) is 134 cm³/mol. The molecule has 0 fully saturated rings. The molecule has 0 aliphatic carbocycles. The van der Waals surface area contributed by atoms with Crippen molar-refractivity contribution in [3.8, 4) is 0 Å². The van der Waals surface area contributed by atoms with E-state index in [1.54, 1.807) is 18.2 Å². The van der Waals surface area contributed by atoms with Gasteiger partial charge in [-0.05, 0) is 56.5 Å².